The summed E-state index contributed by atoms with van der Waals surface area (Å²) in [6.07, 6.45) is 0. The van der Waals surface area contributed by atoms with E-state index in [1.54, 1.807) is 0 Å². The van der Waals surface area contributed by atoms with E-state index >= 15 is 0 Å². The van der Waals surface area contributed by atoms with E-state index in [4.69, 9.17) is 0 Å². The number of hydrogen-bond donors (Lipinski definition) is 0. The highest BCUT2D eigenvalue weighted by atomic mass is 15.1. The first-order valence-corrected chi connectivity index (χ1v) is 24.1. The van der Waals surface area contributed by atoms with Crippen LogP contribution in [0.2, 0.25) is 0 Å². The van der Waals surface area contributed by atoms with Gasteiger partial charge in [-0.2, -0.15) is 0 Å². The van der Waals surface area contributed by atoms with Gasteiger partial charge < -0.3 is 4.90 Å². The van der Waals surface area contributed by atoms with Crippen molar-refractivity contribution in [3.8, 4) is 55.6 Å². The summed E-state index contributed by atoms with van der Waals surface area (Å²) in [4.78, 5) is 2.57. The molecule has 1 heteroatoms. The SMILES string of the molecule is c1ccc(-c2cccc(-c3ccccc3N(c3ccc4c(c3)-c3ccccc3C4(c3ccccc3)c3ccccc3)c3cccc4c3-c3ccccc3C43c4ccccc4-c4ccccc43)c2)cc1. The van der Waals surface area contributed by atoms with Crippen LogP contribution in [-0.4, -0.2) is 0 Å². The average Bonchev–Trinajstić information content (AvgIpc) is 4.02. The molecule has 3 aliphatic carbocycles. The lowest BCUT2D eigenvalue weighted by molar-refractivity contribution is 0.768. The van der Waals surface area contributed by atoms with Crippen LogP contribution in [0.3, 0.4) is 0 Å². The molecule has 1 spiro atoms. The van der Waals surface area contributed by atoms with Crippen LogP contribution < -0.4 is 4.90 Å². The molecule has 0 fully saturated rings. The Morgan fingerprint density at radius 3 is 1.29 bits per heavy atom. The Hall–Kier alpha value is -8.78. The smallest absolute Gasteiger partial charge is 0.0726 e. The van der Waals surface area contributed by atoms with Gasteiger partial charge in [-0.05, 0) is 119 Å². The van der Waals surface area contributed by atoms with Crippen LogP contribution >= 0.6 is 0 Å². The van der Waals surface area contributed by atoms with Crippen LogP contribution in [0.5, 0.6) is 0 Å². The number of hydrogen-bond acceptors (Lipinski definition) is 1. The second-order valence-electron chi connectivity index (χ2n) is 18.6. The molecule has 14 rings (SSSR count). The number of nitrogens with zero attached hydrogens (tertiary/aromatic N) is 1. The maximum Gasteiger partial charge on any atom is 0.0726 e. The minimum Gasteiger partial charge on any atom is -0.309 e. The van der Waals surface area contributed by atoms with Gasteiger partial charge in [-0.25, -0.2) is 0 Å². The van der Waals surface area contributed by atoms with Crippen LogP contribution in [0, 0.1) is 0 Å². The molecule has 0 saturated carbocycles. The number of anilines is 3. The summed E-state index contributed by atoms with van der Waals surface area (Å²) < 4.78 is 0. The summed E-state index contributed by atoms with van der Waals surface area (Å²) in [5.41, 5.74) is 25.2. The minimum absolute atomic E-state index is 0.480. The van der Waals surface area contributed by atoms with Gasteiger partial charge >= 0.3 is 0 Å². The van der Waals surface area contributed by atoms with Gasteiger partial charge in [0.05, 0.1) is 22.2 Å². The standard InChI is InChI=1S/C68H45N/c1-4-22-46(23-5-1)47-24-20-25-48(44-47)52-30-14-19-40-64(52)69(51-42-43-62-57(45-51)55-33-12-15-35-58(55)67(62,49-26-6-2-7-27-49)50-28-8-3-9-29-50)65-41-21-39-63-66(65)56-34-13-18-38-61(56)68(63)59-36-16-10-31-53(59)54-32-11-17-37-60(54)68/h1-45H. The quantitative estimate of drug-likeness (QED) is 0.154. The Morgan fingerprint density at radius 1 is 0.232 bits per heavy atom. The summed E-state index contributed by atoms with van der Waals surface area (Å²) in [6, 6.07) is 102. The van der Waals surface area contributed by atoms with Crippen LogP contribution in [0.25, 0.3) is 55.6 Å². The predicted molar refractivity (Wildman–Crippen MR) is 286 cm³/mol. The third-order valence-electron chi connectivity index (χ3n) is 15.4. The highest BCUT2D eigenvalue weighted by Crippen LogP contribution is 2.65. The first-order valence-electron chi connectivity index (χ1n) is 24.1. The Balaban J connectivity index is 1.07. The van der Waals surface area contributed by atoms with Gasteiger partial charge in [0.25, 0.3) is 0 Å². The molecular weight excluding hydrogens is 831 g/mol. The fourth-order valence-corrected chi connectivity index (χ4v) is 12.7. The zero-order valence-corrected chi connectivity index (χ0v) is 37.9. The van der Waals surface area contributed by atoms with Gasteiger partial charge in [-0.1, -0.05) is 243 Å². The van der Waals surface area contributed by atoms with Gasteiger partial charge in [-0.3, -0.25) is 0 Å². The molecule has 0 radical (unpaired) electrons. The zero-order valence-electron chi connectivity index (χ0n) is 37.9. The van der Waals surface area contributed by atoms with Gasteiger partial charge in [0.1, 0.15) is 0 Å². The molecular formula is C68H45N. The molecule has 69 heavy (non-hydrogen) atoms. The second kappa shape index (κ2) is 15.4. The van der Waals surface area contributed by atoms with E-state index in [1.807, 2.05) is 0 Å². The van der Waals surface area contributed by atoms with E-state index in [1.165, 1.54) is 94.6 Å². The van der Waals surface area contributed by atoms with Crippen molar-refractivity contribution in [1.82, 2.24) is 0 Å². The normalized spacial score (nSPS) is 13.7. The van der Waals surface area contributed by atoms with E-state index in [0.717, 1.165) is 22.6 Å². The molecule has 0 aliphatic heterocycles. The van der Waals surface area contributed by atoms with Crippen molar-refractivity contribution in [3.63, 3.8) is 0 Å². The summed E-state index contributed by atoms with van der Waals surface area (Å²) in [5, 5.41) is 0. The summed E-state index contributed by atoms with van der Waals surface area (Å²) in [5.74, 6) is 0. The molecule has 11 aromatic rings. The average molecular weight is 876 g/mol. The largest absolute Gasteiger partial charge is 0.309 e. The van der Waals surface area contributed by atoms with E-state index in [0.29, 0.717) is 0 Å². The first kappa shape index (κ1) is 39.4. The maximum absolute atomic E-state index is 2.57. The van der Waals surface area contributed by atoms with Gasteiger partial charge in [-0.15, -0.1) is 0 Å². The minimum atomic E-state index is -0.504. The topological polar surface area (TPSA) is 3.24 Å². The van der Waals surface area contributed by atoms with Gasteiger partial charge in [0.15, 0.2) is 0 Å². The molecule has 3 aliphatic rings. The molecule has 0 bridgehead atoms. The Morgan fingerprint density at radius 2 is 0.652 bits per heavy atom. The number of para-hydroxylation sites is 1. The molecule has 0 amide bonds. The highest BCUT2D eigenvalue weighted by Gasteiger charge is 2.53. The van der Waals surface area contributed by atoms with Crippen molar-refractivity contribution in [2.45, 2.75) is 10.8 Å². The van der Waals surface area contributed by atoms with Crippen molar-refractivity contribution in [3.05, 3.63) is 317 Å². The monoisotopic (exact) mass is 875 g/mol. The number of fused-ring (bicyclic) bond motifs is 13. The lowest BCUT2D eigenvalue weighted by Gasteiger charge is -2.34. The summed E-state index contributed by atoms with van der Waals surface area (Å²) in [6.45, 7) is 0. The van der Waals surface area contributed by atoms with E-state index in [2.05, 4.69) is 278 Å². The fraction of sp³-hybridized carbons (Fsp3) is 0.0294. The van der Waals surface area contributed by atoms with Gasteiger partial charge in [0, 0.05) is 16.8 Å². The van der Waals surface area contributed by atoms with E-state index in [9.17, 15) is 0 Å². The number of rotatable bonds is 7. The van der Waals surface area contributed by atoms with Crippen LogP contribution in [0.15, 0.2) is 273 Å². The lowest BCUT2D eigenvalue weighted by atomic mass is 9.68. The molecule has 0 N–H and O–H groups in total. The van der Waals surface area contributed by atoms with Gasteiger partial charge in [0.2, 0.25) is 0 Å². The Kier molecular flexibility index (Phi) is 8.78. The van der Waals surface area contributed by atoms with Crippen molar-refractivity contribution in [1.29, 1.82) is 0 Å². The molecule has 0 aromatic heterocycles. The maximum atomic E-state index is 2.57. The highest BCUT2D eigenvalue weighted by molar-refractivity contribution is 6.03. The van der Waals surface area contributed by atoms with E-state index in [-0.39, 0.29) is 0 Å². The second-order valence-corrected chi connectivity index (χ2v) is 18.6. The van der Waals surface area contributed by atoms with Crippen LogP contribution in [0.1, 0.15) is 44.5 Å². The van der Waals surface area contributed by atoms with Crippen molar-refractivity contribution in [2.75, 3.05) is 4.90 Å². The molecule has 0 atom stereocenters. The van der Waals surface area contributed by atoms with E-state index < -0.39 is 10.8 Å². The van der Waals surface area contributed by atoms with Crippen molar-refractivity contribution >= 4 is 17.1 Å². The molecule has 322 valence electrons. The molecule has 11 aromatic carbocycles. The lowest BCUT2D eigenvalue weighted by Crippen LogP contribution is -2.28. The zero-order chi connectivity index (χ0) is 45.5. The van der Waals surface area contributed by atoms with Crippen molar-refractivity contribution < 1.29 is 0 Å². The molecule has 0 heterocycles. The fourth-order valence-electron chi connectivity index (χ4n) is 12.7. The molecule has 0 saturated heterocycles. The predicted octanol–water partition coefficient (Wildman–Crippen LogP) is 17.2. The van der Waals surface area contributed by atoms with Crippen molar-refractivity contribution in [2.24, 2.45) is 0 Å². The Bertz CT molecular complexity index is 3710. The third-order valence-corrected chi connectivity index (χ3v) is 15.4. The summed E-state index contributed by atoms with van der Waals surface area (Å²) >= 11 is 0. The molecule has 0 unspecified atom stereocenters. The first-order chi connectivity index (χ1) is 34.3. The molecule has 1 nitrogen and oxygen atoms in total. The third kappa shape index (κ3) is 5.53. The number of benzene rings is 11. The van der Waals surface area contributed by atoms with Crippen LogP contribution in [-0.2, 0) is 10.8 Å². The Labute approximate surface area is 403 Å². The van der Waals surface area contributed by atoms with Crippen LogP contribution in [0.4, 0.5) is 17.1 Å². The summed E-state index contributed by atoms with van der Waals surface area (Å²) in [7, 11) is 0.